The van der Waals surface area contributed by atoms with Gasteiger partial charge in [-0.1, -0.05) is 37.4 Å². The maximum Gasteiger partial charge on any atom is 0.137 e. The molecular weight excluding hydrogens is 343 g/mol. The lowest BCUT2D eigenvalue weighted by Gasteiger charge is -2.35. The van der Waals surface area contributed by atoms with Gasteiger partial charge in [0.2, 0.25) is 0 Å². The topological polar surface area (TPSA) is 24.5 Å². The molecule has 1 fully saturated rings. The van der Waals surface area contributed by atoms with Crippen molar-refractivity contribution in [3.8, 4) is 5.75 Å². The first kappa shape index (κ1) is 21.8. The summed E-state index contributed by atoms with van der Waals surface area (Å²) in [5.74, 6) is 0.779. The van der Waals surface area contributed by atoms with Crippen LogP contribution >= 0.6 is 36.4 Å². The van der Waals surface area contributed by atoms with E-state index in [2.05, 4.69) is 29.3 Å². The zero-order chi connectivity index (χ0) is 14.4. The third kappa shape index (κ3) is 5.78. The molecule has 1 aliphatic rings. The Hall–Kier alpha value is -0.190. The summed E-state index contributed by atoms with van der Waals surface area (Å²) in [6, 6.07) is 6.68. The molecule has 0 amide bonds. The Bertz CT molecular complexity index is 426. The number of rotatable bonds is 6. The molecule has 0 bridgehead atoms. The molecule has 0 saturated carbocycles. The number of unbranched alkanes of at least 4 members (excludes halogenated alkanes) is 1. The summed E-state index contributed by atoms with van der Waals surface area (Å²) in [6.07, 6.45) is 3.67. The molecule has 1 aromatic rings. The summed E-state index contributed by atoms with van der Waals surface area (Å²) >= 11 is 6.14. The molecule has 0 unspecified atom stereocenters. The van der Waals surface area contributed by atoms with Gasteiger partial charge in [0, 0.05) is 32.2 Å². The highest BCUT2D eigenvalue weighted by molar-refractivity contribution is 6.32. The second kappa shape index (κ2) is 11.4. The van der Waals surface area contributed by atoms with E-state index in [1.54, 1.807) is 7.11 Å². The van der Waals surface area contributed by atoms with Crippen LogP contribution in [0.4, 0.5) is 0 Å². The van der Waals surface area contributed by atoms with E-state index < -0.39 is 0 Å². The first-order chi connectivity index (χ1) is 9.76. The third-order valence-electron chi connectivity index (χ3n) is 3.98. The van der Waals surface area contributed by atoms with Crippen molar-refractivity contribution in [3.05, 3.63) is 28.8 Å². The first-order valence-corrected chi connectivity index (χ1v) is 7.92. The Kier molecular flexibility index (Phi) is 11.3. The molecule has 0 aromatic heterocycles. The number of benzene rings is 1. The zero-order valence-corrected chi connectivity index (χ0v) is 15.7. The minimum atomic E-state index is 0. The van der Waals surface area contributed by atoms with Crippen molar-refractivity contribution in [3.63, 3.8) is 0 Å². The Morgan fingerprint density at radius 2 is 1.95 bits per heavy atom. The number of nitrogens with zero attached hydrogens (tertiary/aromatic N) is 1. The van der Waals surface area contributed by atoms with Gasteiger partial charge in [0.15, 0.2) is 0 Å². The largest absolute Gasteiger partial charge is 0.495 e. The monoisotopic (exact) mass is 368 g/mol. The molecule has 3 nitrogen and oxygen atoms in total. The molecule has 0 aliphatic carbocycles. The molecule has 0 spiro atoms. The van der Waals surface area contributed by atoms with E-state index in [-0.39, 0.29) is 24.8 Å². The van der Waals surface area contributed by atoms with Crippen molar-refractivity contribution in [2.24, 2.45) is 0 Å². The fourth-order valence-corrected chi connectivity index (χ4v) is 3.03. The van der Waals surface area contributed by atoms with Gasteiger partial charge < -0.3 is 10.1 Å². The summed E-state index contributed by atoms with van der Waals surface area (Å²) in [5.41, 5.74) is 1.32. The zero-order valence-electron chi connectivity index (χ0n) is 13.3. The third-order valence-corrected chi connectivity index (χ3v) is 4.30. The first-order valence-electron chi connectivity index (χ1n) is 7.54. The number of piperazine rings is 1. The quantitative estimate of drug-likeness (QED) is 0.807. The number of methoxy groups -OCH3 is 1. The van der Waals surface area contributed by atoms with Gasteiger partial charge in [-0.25, -0.2) is 0 Å². The van der Waals surface area contributed by atoms with Gasteiger partial charge in [-0.15, -0.1) is 24.8 Å². The highest BCUT2D eigenvalue weighted by atomic mass is 35.5. The molecule has 1 saturated heterocycles. The second-order valence-corrected chi connectivity index (χ2v) is 5.75. The predicted octanol–water partition coefficient (Wildman–Crippen LogP) is 4.33. The van der Waals surface area contributed by atoms with Crippen LogP contribution < -0.4 is 10.1 Å². The van der Waals surface area contributed by atoms with Crippen LogP contribution in [0.3, 0.4) is 0 Å². The molecule has 1 heterocycles. The van der Waals surface area contributed by atoms with E-state index in [1.165, 1.54) is 24.8 Å². The molecule has 0 radical (unpaired) electrons. The summed E-state index contributed by atoms with van der Waals surface area (Å²) in [6.45, 7) is 6.62. The fraction of sp³-hybridized carbons (Fsp3) is 0.625. The van der Waals surface area contributed by atoms with Crippen molar-refractivity contribution in [2.75, 3.05) is 33.3 Å². The summed E-state index contributed by atoms with van der Waals surface area (Å²) in [4.78, 5) is 2.58. The minimum absolute atomic E-state index is 0. The number of ether oxygens (including phenoxy) is 1. The van der Waals surface area contributed by atoms with Crippen molar-refractivity contribution in [1.82, 2.24) is 10.2 Å². The molecule has 1 aliphatic heterocycles. The van der Waals surface area contributed by atoms with Crippen molar-refractivity contribution in [2.45, 2.75) is 32.2 Å². The summed E-state index contributed by atoms with van der Waals surface area (Å²) in [5, 5.41) is 4.11. The summed E-state index contributed by atoms with van der Waals surface area (Å²) in [7, 11) is 1.68. The van der Waals surface area contributed by atoms with Crippen LogP contribution in [-0.2, 0) is 0 Å². The second-order valence-electron chi connectivity index (χ2n) is 5.34. The van der Waals surface area contributed by atoms with Gasteiger partial charge in [-0.05, 0) is 24.1 Å². The normalized spacial score (nSPS) is 16.3. The maximum atomic E-state index is 6.14. The smallest absolute Gasteiger partial charge is 0.137 e. The van der Waals surface area contributed by atoms with Crippen LogP contribution in [0.25, 0.3) is 0 Å². The molecule has 1 N–H and O–H groups in total. The highest BCUT2D eigenvalue weighted by Gasteiger charge is 2.22. The number of hydrogen-bond donors (Lipinski definition) is 1. The molecule has 128 valence electrons. The average Bonchev–Trinajstić information content (AvgIpc) is 2.50. The molecule has 2 rings (SSSR count). The fourth-order valence-electron chi connectivity index (χ4n) is 2.83. The average molecular weight is 370 g/mol. The lowest BCUT2D eigenvalue weighted by Crippen LogP contribution is -2.45. The molecule has 6 heteroatoms. The van der Waals surface area contributed by atoms with E-state index in [0.29, 0.717) is 11.1 Å². The standard InChI is InChI=1S/C16H25ClN2O.2ClH/c1-3-4-5-15(19-10-8-18-9-11-19)13-6-7-14(17)16(12-13)20-2;;/h6-7,12,15,18H,3-5,8-11H2,1-2H3;2*1H/t15-;;/m0../s1. The highest BCUT2D eigenvalue weighted by Crippen LogP contribution is 2.32. The van der Waals surface area contributed by atoms with Gasteiger partial charge in [0.05, 0.1) is 12.1 Å². The van der Waals surface area contributed by atoms with Crippen LogP contribution in [0, 0.1) is 0 Å². The maximum absolute atomic E-state index is 6.14. The van der Waals surface area contributed by atoms with Crippen molar-refractivity contribution in [1.29, 1.82) is 0 Å². The van der Waals surface area contributed by atoms with Gasteiger partial charge in [0.1, 0.15) is 5.75 Å². The van der Waals surface area contributed by atoms with E-state index >= 15 is 0 Å². The minimum Gasteiger partial charge on any atom is -0.495 e. The lowest BCUT2D eigenvalue weighted by molar-refractivity contribution is 0.163. The van der Waals surface area contributed by atoms with E-state index in [4.69, 9.17) is 16.3 Å². The molecule has 1 atom stereocenters. The van der Waals surface area contributed by atoms with Crippen molar-refractivity contribution < 1.29 is 4.74 Å². The van der Waals surface area contributed by atoms with Crippen LogP contribution in [0.1, 0.15) is 37.8 Å². The van der Waals surface area contributed by atoms with E-state index in [1.807, 2.05) is 6.07 Å². The number of hydrogen-bond acceptors (Lipinski definition) is 3. The molecule has 1 aromatic carbocycles. The van der Waals surface area contributed by atoms with Gasteiger partial charge >= 0.3 is 0 Å². The molecule has 22 heavy (non-hydrogen) atoms. The number of nitrogens with one attached hydrogen (secondary N) is 1. The van der Waals surface area contributed by atoms with Crippen LogP contribution in [0.2, 0.25) is 5.02 Å². The Labute approximate surface area is 151 Å². The van der Waals surface area contributed by atoms with E-state index in [0.717, 1.165) is 31.9 Å². The molecular formula is C16H27Cl3N2O. The van der Waals surface area contributed by atoms with Gasteiger partial charge in [-0.2, -0.15) is 0 Å². The Morgan fingerprint density at radius 1 is 1.27 bits per heavy atom. The van der Waals surface area contributed by atoms with Crippen LogP contribution in [0.5, 0.6) is 5.75 Å². The Morgan fingerprint density at radius 3 is 2.55 bits per heavy atom. The summed E-state index contributed by atoms with van der Waals surface area (Å²) < 4.78 is 5.36. The Balaban J connectivity index is 0.00000220. The lowest BCUT2D eigenvalue weighted by atomic mass is 9.98. The van der Waals surface area contributed by atoms with Crippen LogP contribution in [-0.4, -0.2) is 38.2 Å². The van der Waals surface area contributed by atoms with Gasteiger partial charge in [-0.3, -0.25) is 4.90 Å². The van der Waals surface area contributed by atoms with Crippen LogP contribution in [0.15, 0.2) is 18.2 Å². The number of halogens is 3. The van der Waals surface area contributed by atoms with Gasteiger partial charge in [0.25, 0.3) is 0 Å². The predicted molar refractivity (Wildman–Crippen MR) is 99.2 cm³/mol. The van der Waals surface area contributed by atoms with E-state index in [9.17, 15) is 0 Å². The SMILES string of the molecule is CCCC[C@@H](c1ccc(Cl)c(OC)c1)N1CCNCC1.Cl.Cl. The van der Waals surface area contributed by atoms with Crippen molar-refractivity contribution >= 4 is 36.4 Å².